The predicted octanol–water partition coefficient (Wildman–Crippen LogP) is 0.0165. The number of nitrogens with two attached hydrogens (primary N) is 1. The van der Waals surface area contributed by atoms with Crippen LogP contribution in [0.2, 0.25) is 0 Å². The standard InChI is InChI=1S/C11H17N3O4S/c1-18-11(15)8-4-3-5-9(10(8)12)13-6-7-14-19(2,16)17/h3-5,13-14H,6-7,12H2,1-2H3. The predicted molar refractivity (Wildman–Crippen MR) is 73.5 cm³/mol. The highest BCUT2D eigenvalue weighted by Crippen LogP contribution is 2.22. The Hall–Kier alpha value is -1.80. The zero-order valence-electron chi connectivity index (χ0n) is 10.8. The van der Waals surface area contributed by atoms with Gasteiger partial charge in [-0.3, -0.25) is 0 Å². The van der Waals surface area contributed by atoms with Crippen molar-refractivity contribution in [3.63, 3.8) is 0 Å². The van der Waals surface area contributed by atoms with E-state index in [2.05, 4.69) is 14.8 Å². The minimum absolute atomic E-state index is 0.223. The third-order valence-corrected chi connectivity index (χ3v) is 3.04. The second-order valence-corrected chi connectivity index (χ2v) is 5.68. The summed E-state index contributed by atoms with van der Waals surface area (Å²) in [6.07, 6.45) is 1.08. The summed E-state index contributed by atoms with van der Waals surface area (Å²) in [7, 11) is -1.93. The molecule has 1 rings (SSSR count). The number of methoxy groups -OCH3 is 1. The quantitative estimate of drug-likeness (QED) is 0.386. The molecule has 0 amide bonds. The smallest absolute Gasteiger partial charge is 0.340 e. The zero-order chi connectivity index (χ0) is 14.5. The van der Waals surface area contributed by atoms with Gasteiger partial charge in [-0.1, -0.05) is 6.07 Å². The van der Waals surface area contributed by atoms with Crippen LogP contribution < -0.4 is 15.8 Å². The molecule has 0 aromatic heterocycles. The molecule has 1 aromatic rings. The molecule has 0 bridgehead atoms. The molecule has 106 valence electrons. The fourth-order valence-electron chi connectivity index (χ4n) is 1.44. The lowest BCUT2D eigenvalue weighted by molar-refractivity contribution is 0.0602. The summed E-state index contributed by atoms with van der Waals surface area (Å²) >= 11 is 0. The van der Waals surface area contributed by atoms with Crippen LogP contribution in [0.4, 0.5) is 11.4 Å². The zero-order valence-corrected chi connectivity index (χ0v) is 11.6. The van der Waals surface area contributed by atoms with E-state index in [-0.39, 0.29) is 17.8 Å². The summed E-state index contributed by atoms with van der Waals surface area (Å²) in [4.78, 5) is 11.4. The molecule has 0 saturated carbocycles. The first kappa shape index (κ1) is 15.3. The molecule has 4 N–H and O–H groups in total. The summed E-state index contributed by atoms with van der Waals surface area (Å²) in [5.41, 5.74) is 6.92. The number of esters is 1. The van der Waals surface area contributed by atoms with Gasteiger partial charge in [0.2, 0.25) is 10.0 Å². The van der Waals surface area contributed by atoms with Gasteiger partial charge in [-0.05, 0) is 12.1 Å². The molecular weight excluding hydrogens is 270 g/mol. The van der Waals surface area contributed by atoms with E-state index in [1.165, 1.54) is 7.11 Å². The molecule has 19 heavy (non-hydrogen) atoms. The second kappa shape index (κ2) is 6.39. The van der Waals surface area contributed by atoms with Crippen LogP contribution in [0.5, 0.6) is 0 Å². The van der Waals surface area contributed by atoms with Crippen molar-refractivity contribution in [2.45, 2.75) is 0 Å². The number of ether oxygens (including phenoxy) is 1. The summed E-state index contributed by atoms with van der Waals surface area (Å²) in [5.74, 6) is -0.518. The molecule has 0 aliphatic carbocycles. The summed E-state index contributed by atoms with van der Waals surface area (Å²) < 4.78 is 28.7. The Morgan fingerprint density at radius 3 is 2.63 bits per heavy atom. The molecule has 7 nitrogen and oxygen atoms in total. The molecule has 0 unspecified atom stereocenters. The summed E-state index contributed by atoms with van der Waals surface area (Å²) in [6, 6.07) is 4.91. The molecule has 0 radical (unpaired) electrons. The second-order valence-electron chi connectivity index (χ2n) is 3.85. The Kier molecular flexibility index (Phi) is 5.13. The average Bonchev–Trinajstić information content (AvgIpc) is 2.34. The molecule has 8 heteroatoms. The van der Waals surface area contributed by atoms with E-state index in [9.17, 15) is 13.2 Å². The third kappa shape index (κ3) is 4.76. The number of carbonyl (C=O) groups excluding carboxylic acids is 1. The molecule has 0 fully saturated rings. The number of sulfonamides is 1. The highest BCUT2D eigenvalue weighted by atomic mass is 32.2. The molecule has 0 aliphatic rings. The van der Waals surface area contributed by atoms with Crippen LogP contribution in [-0.2, 0) is 14.8 Å². The first-order valence-corrected chi connectivity index (χ1v) is 7.39. The molecule has 1 aromatic carbocycles. The molecule has 0 aliphatic heterocycles. The van der Waals surface area contributed by atoms with E-state index in [1.54, 1.807) is 18.2 Å². The van der Waals surface area contributed by atoms with Gasteiger partial charge in [0.25, 0.3) is 0 Å². The van der Waals surface area contributed by atoms with Gasteiger partial charge in [-0.2, -0.15) is 0 Å². The van der Waals surface area contributed by atoms with Crippen LogP contribution >= 0.6 is 0 Å². The van der Waals surface area contributed by atoms with Crippen molar-refractivity contribution in [1.29, 1.82) is 0 Å². The number of benzene rings is 1. The number of hydrogen-bond donors (Lipinski definition) is 3. The maximum Gasteiger partial charge on any atom is 0.340 e. The summed E-state index contributed by atoms with van der Waals surface area (Å²) in [5, 5.41) is 2.95. The Morgan fingerprint density at radius 1 is 1.37 bits per heavy atom. The SMILES string of the molecule is COC(=O)c1cccc(NCCNS(C)(=O)=O)c1N. The number of nitrogen functional groups attached to an aromatic ring is 1. The van der Waals surface area contributed by atoms with E-state index in [1.807, 2.05) is 0 Å². The number of rotatable bonds is 6. The minimum Gasteiger partial charge on any atom is -0.465 e. The van der Waals surface area contributed by atoms with Crippen molar-refractivity contribution in [2.75, 3.05) is 37.5 Å². The van der Waals surface area contributed by atoms with Crippen molar-refractivity contribution in [2.24, 2.45) is 0 Å². The van der Waals surface area contributed by atoms with Gasteiger partial charge in [0, 0.05) is 13.1 Å². The largest absolute Gasteiger partial charge is 0.465 e. The highest BCUT2D eigenvalue weighted by molar-refractivity contribution is 7.88. The van der Waals surface area contributed by atoms with Gasteiger partial charge >= 0.3 is 5.97 Å². The normalized spacial score (nSPS) is 11.1. The van der Waals surface area contributed by atoms with E-state index in [4.69, 9.17) is 5.73 Å². The molecule has 0 heterocycles. The molecule has 0 spiro atoms. The van der Waals surface area contributed by atoms with Crippen LogP contribution in [0.1, 0.15) is 10.4 Å². The lowest BCUT2D eigenvalue weighted by Gasteiger charge is -2.12. The Bertz CT molecular complexity index is 557. The van der Waals surface area contributed by atoms with Crippen molar-refractivity contribution in [1.82, 2.24) is 4.72 Å². The minimum atomic E-state index is -3.21. The average molecular weight is 287 g/mol. The number of para-hydroxylation sites is 1. The highest BCUT2D eigenvalue weighted by Gasteiger charge is 2.12. The number of anilines is 2. The fourth-order valence-corrected chi connectivity index (χ4v) is 1.91. The van der Waals surface area contributed by atoms with Gasteiger partial charge in [-0.25, -0.2) is 17.9 Å². The fraction of sp³-hybridized carbons (Fsp3) is 0.364. The van der Waals surface area contributed by atoms with E-state index < -0.39 is 16.0 Å². The maximum atomic E-state index is 11.4. The van der Waals surface area contributed by atoms with E-state index >= 15 is 0 Å². The topological polar surface area (TPSA) is 111 Å². The van der Waals surface area contributed by atoms with Gasteiger partial charge in [-0.15, -0.1) is 0 Å². The molecule has 0 atom stereocenters. The van der Waals surface area contributed by atoms with Crippen molar-refractivity contribution < 1.29 is 17.9 Å². The monoisotopic (exact) mass is 287 g/mol. The maximum absolute atomic E-state index is 11.4. The first-order valence-electron chi connectivity index (χ1n) is 5.50. The number of hydrogen-bond acceptors (Lipinski definition) is 6. The van der Waals surface area contributed by atoms with E-state index in [0.717, 1.165) is 6.26 Å². The van der Waals surface area contributed by atoms with Crippen LogP contribution in [0, 0.1) is 0 Å². The van der Waals surface area contributed by atoms with Gasteiger partial charge in [0.05, 0.1) is 30.3 Å². The molecular formula is C11H17N3O4S. The molecule has 0 saturated heterocycles. The Labute approximate surface area is 112 Å². The third-order valence-electron chi connectivity index (χ3n) is 2.32. The van der Waals surface area contributed by atoms with Crippen molar-refractivity contribution >= 4 is 27.4 Å². The van der Waals surface area contributed by atoms with Gasteiger partial charge in [0.15, 0.2) is 0 Å². The van der Waals surface area contributed by atoms with Crippen molar-refractivity contribution in [3.05, 3.63) is 23.8 Å². The Balaban J connectivity index is 2.67. The number of carbonyl (C=O) groups is 1. The lowest BCUT2D eigenvalue weighted by atomic mass is 10.1. The lowest BCUT2D eigenvalue weighted by Crippen LogP contribution is -2.27. The van der Waals surface area contributed by atoms with Crippen molar-refractivity contribution in [3.8, 4) is 0 Å². The van der Waals surface area contributed by atoms with E-state index in [0.29, 0.717) is 12.2 Å². The van der Waals surface area contributed by atoms with Crippen LogP contribution in [0.3, 0.4) is 0 Å². The Morgan fingerprint density at radius 2 is 2.05 bits per heavy atom. The number of nitrogens with one attached hydrogen (secondary N) is 2. The first-order chi connectivity index (χ1) is 8.85. The van der Waals surface area contributed by atoms with Crippen LogP contribution in [0.25, 0.3) is 0 Å². The summed E-state index contributed by atoms with van der Waals surface area (Å²) in [6.45, 7) is 0.572. The van der Waals surface area contributed by atoms with Gasteiger partial charge in [0.1, 0.15) is 0 Å². The van der Waals surface area contributed by atoms with Gasteiger partial charge < -0.3 is 15.8 Å². The van der Waals surface area contributed by atoms with Crippen LogP contribution in [-0.4, -0.2) is 40.8 Å². The van der Waals surface area contributed by atoms with Crippen LogP contribution in [0.15, 0.2) is 18.2 Å².